The molecule has 0 radical (unpaired) electrons. The van der Waals surface area contributed by atoms with Crippen molar-refractivity contribution in [1.82, 2.24) is 0 Å². The van der Waals surface area contributed by atoms with Crippen LogP contribution in [0.3, 0.4) is 0 Å². The fraction of sp³-hybridized carbons (Fsp3) is 0.875. The normalized spacial score (nSPS) is 30.8. The van der Waals surface area contributed by atoms with Crippen molar-refractivity contribution in [2.24, 2.45) is 0 Å². The van der Waals surface area contributed by atoms with E-state index in [0.717, 1.165) is 6.04 Å². The number of hydrogen-bond donors (Lipinski definition) is 1. The number of nitrogens with one attached hydrogen (secondary N) is 1. The highest BCUT2D eigenvalue weighted by molar-refractivity contribution is 4.57. The highest BCUT2D eigenvalue weighted by Crippen LogP contribution is 2.01. The van der Waals surface area contributed by atoms with Crippen molar-refractivity contribution in [3.63, 3.8) is 0 Å². The Morgan fingerprint density at radius 3 is 2.40 bits per heavy atom. The minimum Gasteiger partial charge on any atom is -0.512 e. The van der Waals surface area contributed by atoms with Crippen molar-refractivity contribution < 1.29 is 4.90 Å². The van der Waals surface area contributed by atoms with E-state index in [4.69, 9.17) is 11.8 Å². The molecule has 10 heavy (non-hydrogen) atoms. The third-order valence-electron chi connectivity index (χ3n) is 2.31. The first-order valence-electron chi connectivity index (χ1n) is 3.89. The Morgan fingerprint density at radius 1 is 1.60 bits per heavy atom. The van der Waals surface area contributed by atoms with E-state index in [9.17, 15) is 0 Å². The highest BCUT2D eigenvalue weighted by Gasteiger charge is 2.21. The molecular weight excluding hydrogens is 124 g/mol. The molecule has 2 heteroatoms. The van der Waals surface area contributed by atoms with Gasteiger partial charge in [0, 0.05) is 12.8 Å². The van der Waals surface area contributed by atoms with Gasteiger partial charge in [-0.3, -0.25) is 0 Å². The standard InChI is InChI=1S/C7H15N.CN/c1-3-7-5-4-6-8(7)2;1-2/h7H,3-6H2,1-2H3;/q;-1/p+1. The molecule has 2 atom stereocenters. The first kappa shape index (κ1) is 9.45. The third kappa shape index (κ3) is 2.36. The van der Waals surface area contributed by atoms with Gasteiger partial charge in [0.15, 0.2) is 0 Å². The van der Waals surface area contributed by atoms with E-state index < -0.39 is 0 Å². The molecule has 1 fully saturated rings. The van der Waals surface area contributed by atoms with Crippen LogP contribution in [0.1, 0.15) is 26.2 Å². The zero-order chi connectivity index (χ0) is 7.98. The van der Waals surface area contributed by atoms with Crippen molar-refractivity contribution >= 4 is 0 Å². The van der Waals surface area contributed by atoms with Gasteiger partial charge in [-0.05, 0) is 6.42 Å². The molecule has 0 saturated carbocycles. The summed E-state index contributed by atoms with van der Waals surface area (Å²) in [4.78, 5) is 1.74. The van der Waals surface area contributed by atoms with Gasteiger partial charge in [-0.1, -0.05) is 6.92 Å². The van der Waals surface area contributed by atoms with Gasteiger partial charge in [-0.2, -0.15) is 0 Å². The van der Waals surface area contributed by atoms with Gasteiger partial charge in [-0.25, -0.2) is 0 Å². The second-order valence-corrected chi connectivity index (χ2v) is 2.84. The highest BCUT2D eigenvalue weighted by atomic mass is 15.1. The maximum atomic E-state index is 6.25. The Hall–Kier alpha value is -0.550. The fourth-order valence-electron chi connectivity index (χ4n) is 1.63. The molecular formula is C8H16N2. The number of hydrogen-bond acceptors (Lipinski definition) is 1. The fourth-order valence-corrected chi connectivity index (χ4v) is 1.63. The maximum absolute atomic E-state index is 6.25. The van der Waals surface area contributed by atoms with Crippen LogP contribution in [0, 0.1) is 11.8 Å². The largest absolute Gasteiger partial charge is 0.512 e. The van der Waals surface area contributed by atoms with Gasteiger partial charge in [0.05, 0.1) is 19.6 Å². The average Bonchev–Trinajstić information content (AvgIpc) is 2.39. The molecule has 1 heterocycles. The van der Waals surface area contributed by atoms with Gasteiger partial charge in [0.2, 0.25) is 0 Å². The molecule has 2 unspecified atom stereocenters. The van der Waals surface area contributed by atoms with Crippen LogP contribution in [-0.2, 0) is 0 Å². The second kappa shape index (κ2) is 5.25. The predicted octanol–water partition coefficient (Wildman–Crippen LogP) is 0.170. The van der Waals surface area contributed by atoms with Crippen molar-refractivity contribution in [3.05, 3.63) is 6.57 Å². The average molecular weight is 140 g/mol. The third-order valence-corrected chi connectivity index (χ3v) is 2.31. The molecule has 2 nitrogen and oxygen atoms in total. The Morgan fingerprint density at radius 2 is 2.20 bits per heavy atom. The van der Waals surface area contributed by atoms with Crippen LogP contribution in [-0.4, -0.2) is 19.6 Å². The van der Waals surface area contributed by atoms with E-state index in [1.165, 1.54) is 25.8 Å². The Kier molecular flexibility index (Phi) is 4.96. The van der Waals surface area contributed by atoms with Crippen molar-refractivity contribution in [1.29, 1.82) is 5.26 Å². The van der Waals surface area contributed by atoms with Crippen LogP contribution in [0.25, 0.3) is 0 Å². The van der Waals surface area contributed by atoms with Crippen molar-refractivity contribution in [3.8, 4) is 0 Å². The molecule has 1 N–H and O–H groups in total. The molecule has 0 aliphatic carbocycles. The summed E-state index contributed by atoms with van der Waals surface area (Å²) < 4.78 is 0. The van der Waals surface area contributed by atoms with E-state index in [1.807, 2.05) is 0 Å². The molecule has 0 amide bonds. The van der Waals surface area contributed by atoms with Crippen LogP contribution < -0.4 is 4.90 Å². The van der Waals surface area contributed by atoms with Crippen LogP contribution in [0.15, 0.2) is 0 Å². The monoisotopic (exact) mass is 140 g/mol. The minimum absolute atomic E-state index is 0.981. The molecule has 0 aromatic rings. The summed E-state index contributed by atoms with van der Waals surface area (Å²) in [5, 5.41) is 6.25. The Bertz CT molecular complexity index is 98.7. The topological polar surface area (TPSA) is 28.2 Å². The minimum atomic E-state index is 0.981. The van der Waals surface area contributed by atoms with Gasteiger partial charge < -0.3 is 16.7 Å². The molecule has 0 spiro atoms. The number of nitrogens with zero attached hydrogens (tertiary/aromatic N) is 1. The summed E-state index contributed by atoms with van der Waals surface area (Å²) in [5.41, 5.74) is 0. The van der Waals surface area contributed by atoms with E-state index in [0.29, 0.717) is 0 Å². The number of likely N-dealkylation sites (tertiary alicyclic amines) is 1. The molecule has 1 rings (SSSR count). The lowest BCUT2D eigenvalue weighted by Crippen LogP contribution is -3.10. The number of rotatable bonds is 1. The zero-order valence-electron chi connectivity index (χ0n) is 6.85. The quantitative estimate of drug-likeness (QED) is 0.517. The summed E-state index contributed by atoms with van der Waals surface area (Å²) in [6.45, 7) is 8.44. The summed E-state index contributed by atoms with van der Waals surface area (Å²) in [7, 11) is 2.31. The SMILES string of the molecule is CCC1CCC[NH+]1C.[C-]#N. The van der Waals surface area contributed by atoms with E-state index in [2.05, 4.69) is 14.0 Å². The second-order valence-electron chi connectivity index (χ2n) is 2.84. The van der Waals surface area contributed by atoms with Crippen molar-refractivity contribution in [2.75, 3.05) is 13.6 Å². The molecule has 1 saturated heterocycles. The molecule has 1 aliphatic heterocycles. The van der Waals surface area contributed by atoms with E-state index in [1.54, 1.807) is 4.90 Å². The maximum Gasteiger partial charge on any atom is 0.0872 e. The Labute approximate surface area is 63.4 Å². The van der Waals surface area contributed by atoms with Crippen LogP contribution in [0.5, 0.6) is 0 Å². The lowest BCUT2D eigenvalue weighted by atomic mass is 10.2. The van der Waals surface area contributed by atoms with Crippen LogP contribution in [0.2, 0.25) is 0 Å². The molecule has 1 aliphatic rings. The van der Waals surface area contributed by atoms with Crippen LogP contribution in [0.4, 0.5) is 0 Å². The molecule has 0 aromatic heterocycles. The van der Waals surface area contributed by atoms with Crippen molar-refractivity contribution in [2.45, 2.75) is 32.2 Å². The summed E-state index contributed by atoms with van der Waals surface area (Å²) >= 11 is 0. The lowest BCUT2D eigenvalue weighted by molar-refractivity contribution is -0.892. The molecule has 0 aromatic carbocycles. The van der Waals surface area contributed by atoms with Gasteiger partial charge >= 0.3 is 0 Å². The molecule has 58 valence electrons. The summed E-state index contributed by atoms with van der Waals surface area (Å²) in [5.74, 6) is 0. The first-order chi connectivity index (χ1) is 4.84. The smallest absolute Gasteiger partial charge is 0.0872 e. The lowest BCUT2D eigenvalue weighted by Gasteiger charge is -2.13. The van der Waals surface area contributed by atoms with Gasteiger partial charge in [0.25, 0.3) is 0 Å². The first-order valence-corrected chi connectivity index (χ1v) is 3.89. The Balaban J connectivity index is 0.000000371. The van der Waals surface area contributed by atoms with Gasteiger partial charge in [-0.15, -0.1) is 0 Å². The zero-order valence-corrected chi connectivity index (χ0v) is 6.85. The summed E-state index contributed by atoms with van der Waals surface area (Å²) in [6, 6.07) is 0.981. The van der Waals surface area contributed by atoms with E-state index >= 15 is 0 Å². The van der Waals surface area contributed by atoms with Gasteiger partial charge in [0.1, 0.15) is 0 Å². The summed E-state index contributed by atoms with van der Waals surface area (Å²) in [6.07, 6.45) is 4.28. The van der Waals surface area contributed by atoms with Crippen LogP contribution >= 0.6 is 0 Å². The molecule has 0 bridgehead atoms. The number of quaternary nitrogens is 1. The predicted molar refractivity (Wildman–Crippen MR) is 40.0 cm³/mol. The van der Waals surface area contributed by atoms with E-state index in [-0.39, 0.29) is 0 Å².